The van der Waals surface area contributed by atoms with Crippen molar-refractivity contribution in [3.05, 3.63) is 83.9 Å². The van der Waals surface area contributed by atoms with Crippen molar-refractivity contribution in [1.29, 1.82) is 0 Å². The van der Waals surface area contributed by atoms with Crippen molar-refractivity contribution in [3.63, 3.8) is 0 Å². The number of nitrogens with one attached hydrogen (secondary N) is 1. The molecule has 0 fully saturated rings. The fraction of sp³-hybridized carbons (Fsp3) is 0.250. The Kier molecular flexibility index (Phi) is 6.41. The standard InChI is InChI=1S/C24H27NO4S2/c1-24(2,3)21-12-14-22(15-13-21)31(28,29)25-17-18-8-10-19(11-9-18)20-6-5-7-23(16-20)30(4,26)27/h5-16,25H,17H2,1-4H3. The third-order valence-corrected chi connectivity index (χ3v) is 7.57. The zero-order chi connectivity index (χ0) is 22.9. The molecule has 0 unspecified atom stereocenters. The van der Waals surface area contributed by atoms with Crippen molar-refractivity contribution in [2.75, 3.05) is 6.26 Å². The topological polar surface area (TPSA) is 80.3 Å². The van der Waals surface area contributed by atoms with Crippen LogP contribution < -0.4 is 4.72 Å². The largest absolute Gasteiger partial charge is 0.240 e. The van der Waals surface area contributed by atoms with Gasteiger partial charge in [0, 0.05) is 12.8 Å². The van der Waals surface area contributed by atoms with E-state index in [4.69, 9.17) is 0 Å². The maximum absolute atomic E-state index is 12.6. The Hall–Kier alpha value is -2.48. The van der Waals surface area contributed by atoms with Gasteiger partial charge in [-0.05, 0) is 51.9 Å². The van der Waals surface area contributed by atoms with Crippen LogP contribution in [0.5, 0.6) is 0 Å². The molecule has 3 aromatic carbocycles. The Morgan fingerprint density at radius 2 is 1.35 bits per heavy atom. The molecule has 0 bridgehead atoms. The maximum Gasteiger partial charge on any atom is 0.240 e. The molecule has 3 rings (SSSR count). The molecular formula is C24H27NO4S2. The van der Waals surface area contributed by atoms with Crippen LogP contribution in [-0.4, -0.2) is 23.1 Å². The van der Waals surface area contributed by atoms with E-state index in [2.05, 4.69) is 25.5 Å². The first-order chi connectivity index (χ1) is 14.4. The van der Waals surface area contributed by atoms with Crippen LogP contribution >= 0.6 is 0 Å². The third kappa shape index (κ3) is 5.81. The summed E-state index contributed by atoms with van der Waals surface area (Å²) in [7, 11) is -6.90. The minimum atomic E-state index is -3.62. The molecule has 0 saturated heterocycles. The predicted molar refractivity (Wildman–Crippen MR) is 124 cm³/mol. The highest BCUT2D eigenvalue weighted by Gasteiger charge is 2.17. The highest BCUT2D eigenvalue weighted by atomic mass is 32.2. The number of rotatable bonds is 6. The normalized spacial score (nSPS) is 12.6. The molecule has 0 heterocycles. The summed E-state index contributed by atoms with van der Waals surface area (Å²) in [6.45, 7) is 6.40. The molecule has 0 amide bonds. The second kappa shape index (κ2) is 8.57. The molecule has 164 valence electrons. The fourth-order valence-corrected chi connectivity index (χ4v) is 4.80. The molecule has 0 aliphatic heterocycles. The van der Waals surface area contributed by atoms with Gasteiger partial charge in [0.1, 0.15) is 0 Å². The first-order valence-corrected chi connectivity index (χ1v) is 13.2. The first-order valence-electron chi connectivity index (χ1n) is 9.86. The van der Waals surface area contributed by atoms with Crippen molar-refractivity contribution in [2.24, 2.45) is 0 Å². The summed E-state index contributed by atoms with van der Waals surface area (Å²) in [5.74, 6) is 0. The lowest BCUT2D eigenvalue weighted by Crippen LogP contribution is -2.23. The van der Waals surface area contributed by atoms with Crippen molar-refractivity contribution in [1.82, 2.24) is 4.72 Å². The average Bonchev–Trinajstić information content (AvgIpc) is 2.72. The van der Waals surface area contributed by atoms with Crippen LogP contribution in [0, 0.1) is 0 Å². The molecule has 0 aliphatic rings. The summed E-state index contributed by atoms with van der Waals surface area (Å²) in [5, 5.41) is 0. The van der Waals surface area contributed by atoms with Crippen LogP contribution in [0.3, 0.4) is 0 Å². The molecule has 0 aliphatic carbocycles. The number of hydrogen-bond donors (Lipinski definition) is 1. The Bertz CT molecular complexity index is 1270. The highest BCUT2D eigenvalue weighted by Crippen LogP contribution is 2.24. The average molecular weight is 458 g/mol. The van der Waals surface area contributed by atoms with Gasteiger partial charge in [-0.15, -0.1) is 0 Å². The molecule has 0 radical (unpaired) electrons. The predicted octanol–water partition coefficient (Wildman–Crippen LogP) is 4.53. The number of hydrogen-bond acceptors (Lipinski definition) is 4. The van der Waals surface area contributed by atoms with E-state index in [1.807, 2.05) is 42.5 Å². The molecule has 0 atom stereocenters. The van der Waals surface area contributed by atoms with Gasteiger partial charge < -0.3 is 0 Å². The summed E-state index contributed by atoms with van der Waals surface area (Å²) in [4.78, 5) is 0.494. The Balaban J connectivity index is 1.72. The van der Waals surface area contributed by atoms with E-state index in [0.29, 0.717) is 0 Å². The molecular weight excluding hydrogens is 430 g/mol. The first kappa shape index (κ1) is 23.2. The molecule has 31 heavy (non-hydrogen) atoms. The Labute approximate surface area is 185 Å². The van der Waals surface area contributed by atoms with Crippen LogP contribution in [0.2, 0.25) is 0 Å². The van der Waals surface area contributed by atoms with Gasteiger partial charge in [0.15, 0.2) is 9.84 Å². The summed E-state index contributed by atoms with van der Waals surface area (Å²) >= 11 is 0. The smallest absolute Gasteiger partial charge is 0.224 e. The second-order valence-electron chi connectivity index (χ2n) is 8.60. The van der Waals surface area contributed by atoms with Crippen LogP contribution in [0.1, 0.15) is 31.9 Å². The molecule has 0 aromatic heterocycles. The van der Waals surface area contributed by atoms with Gasteiger partial charge in [0.2, 0.25) is 10.0 Å². The maximum atomic E-state index is 12.6. The number of sulfonamides is 1. The molecule has 1 N–H and O–H groups in total. The van der Waals surface area contributed by atoms with Crippen molar-refractivity contribution in [2.45, 2.75) is 42.5 Å². The molecule has 0 spiro atoms. The van der Waals surface area contributed by atoms with Gasteiger partial charge in [-0.3, -0.25) is 0 Å². The lowest BCUT2D eigenvalue weighted by atomic mass is 9.87. The lowest BCUT2D eigenvalue weighted by Gasteiger charge is -2.19. The number of sulfone groups is 1. The van der Waals surface area contributed by atoms with Crippen LogP contribution in [0.4, 0.5) is 0 Å². The summed E-state index contributed by atoms with van der Waals surface area (Å²) < 4.78 is 51.4. The van der Waals surface area contributed by atoms with E-state index in [1.54, 1.807) is 30.3 Å². The van der Waals surface area contributed by atoms with E-state index in [0.717, 1.165) is 22.3 Å². The van der Waals surface area contributed by atoms with Gasteiger partial charge in [-0.25, -0.2) is 21.6 Å². The van der Waals surface area contributed by atoms with E-state index < -0.39 is 19.9 Å². The van der Waals surface area contributed by atoms with Gasteiger partial charge >= 0.3 is 0 Å². The third-order valence-electron chi connectivity index (χ3n) is 5.05. The SMILES string of the molecule is CC(C)(C)c1ccc(S(=O)(=O)NCc2ccc(-c3cccc(S(C)(=O)=O)c3)cc2)cc1. The highest BCUT2D eigenvalue weighted by molar-refractivity contribution is 7.90. The quantitative estimate of drug-likeness (QED) is 0.590. The minimum Gasteiger partial charge on any atom is -0.224 e. The van der Waals surface area contributed by atoms with Crippen molar-refractivity contribution in [3.8, 4) is 11.1 Å². The van der Waals surface area contributed by atoms with Crippen molar-refractivity contribution < 1.29 is 16.8 Å². The van der Waals surface area contributed by atoms with E-state index in [9.17, 15) is 16.8 Å². The van der Waals surface area contributed by atoms with E-state index in [-0.39, 0.29) is 21.8 Å². The molecule has 5 nitrogen and oxygen atoms in total. The summed E-state index contributed by atoms with van der Waals surface area (Å²) in [6, 6.07) is 21.0. The van der Waals surface area contributed by atoms with Crippen molar-refractivity contribution >= 4 is 19.9 Å². The second-order valence-corrected chi connectivity index (χ2v) is 12.4. The van der Waals surface area contributed by atoms with Gasteiger partial charge in [-0.1, -0.05) is 69.3 Å². The fourth-order valence-electron chi connectivity index (χ4n) is 3.12. The Morgan fingerprint density at radius 3 is 1.90 bits per heavy atom. The van der Waals surface area contributed by atoms with Gasteiger partial charge in [-0.2, -0.15) is 0 Å². The van der Waals surface area contributed by atoms with Gasteiger partial charge in [0.25, 0.3) is 0 Å². The summed E-state index contributed by atoms with van der Waals surface area (Å²) in [6.07, 6.45) is 1.18. The molecule has 3 aromatic rings. The zero-order valence-corrected chi connectivity index (χ0v) is 19.7. The van der Waals surface area contributed by atoms with Crippen LogP contribution in [-0.2, 0) is 31.8 Å². The lowest BCUT2D eigenvalue weighted by molar-refractivity contribution is 0.578. The Morgan fingerprint density at radius 1 is 0.742 bits per heavy atom. The summed E-state index contributed by atoms with van der Waals surface area (Å²) in [5.41, 5.74) is 3.47. The monoisotopic (exact) mass is 457 g/mol. The number of benzene rings is 3. The zero-order valence-electron chi connectivity index (χ0n) is 18.1. The van der Waals surface area contributed by atoms with Crippen LogP contribution in [0.15, 0.2) is 82.6 Å². The van der Waals surface area contributed by atoms with E-state index >= 15 is 0 Å². The minimum absolute atomic E-state index is 0.0434. The van der Waals surface area contributed by atoms with Gasteiger partial charge in [0.05, 0.1) is 9.79 Å². The van der Waals surface area contributed by atoms with E-state index in [1.165, 1.54) is 6.26 Å². The van der Waals surface area contributed by atoms with Crippen LogP contribution in [0.25, 0.3) is 11.1 Å². The molecule has 0 saturated carbocycles. The molecule has 7 heteroatoms.